The van der Waals surface area contributed by atoms with Gasteiger partial charge in [0.1, 0.15) is 6.10 Å². The predicted octanol–water partition coefficient (Wildman–Crippen LogP) is -2.71. The molecule has 0 aromatic rings. The number of rotatable bonds is 10. The van der Waals surface area contributed by atoms with Gasteiger partial charge in [-0.25, -0.2) is 0 Å². The van der Waals surface area contributed by atoms with Crippen LogP contribution in [0.3, 0.4) is 0 Å². The van der Waals surface area contributed by atoms with E-state index >= 15 is 0 Å². The van der Waals surface area contributed by atoms with Crippen LogP contribution in [-0.4, -0.2) is 36.3 Å². The summed E-state index contributed by atoms with van der Waals surface area (Å²) in [5.41, 5.74) is 0. The molecule has 9 heteroatoms. The van der Waals surface area contributed by atoms with Gasteiger partial charge in [0, 0.05) is 12.4 Å². The minimum Gasteiger partial charge on any atom is -0.550 e. The molecule has 118 valence electrons. The second-order valence-corrected chi connectivity index (χ2v) is 6.14. The summed E-state index contributed by atoms with van der Waals surface area (Å²) in [5.74, 6) is -3.00. The first kappa shape index (κ1) is 23.1. The van der Waals surface area contributed by atoms with Gasteiger partial charge in [0.2, 0.25) is 0 Å². The standard InChI is InChI=1S/C12H22O7S.Na/c1-3-5-6-7-9(4-2)19-12(15)10(8-11(13)14)20(16,17)18;/h9-10H,3-8H2,1-2H3,(H,13,14)(H,16,17,18);/q;+1/p-1. The molecule has 0 aliphatic rings. The molecule has 0 saturated carbocycles. The van der Waals surface area contributed by atoms with Crippen molar-refractivity contribution in [1.82, 2.24) is 0 Å². The zero-order chi connectivity index (χ0) is 15.8. The van der Waals surface area contributed by atoms with Crippen molar-refractivity contribution in [3.63, 3.8) is 0 Å². The fraction of sp³-hybridized carbons (Fsp3) is 0.833. The maximum Gasteiger partial charge on any atom is 1.00 e. The van der Waals surface area contributed by atoms with E-state index in [1.807, 2.05) is 6.92 Å². The largest absolute Gasteiger partial charge is 1.00 e. The molecular weight excluding hydrogens is 311 g/mol. The molecular formula is C12H21NaO7S. The predicted molar refractivity (Wildman–Crippen MR) is 69.3 cm³/mol. The summed E-state index contributed by atoms with van der Waals surface area (Å²) in [6.07, 6.45) is 2.21. The van der Waals surface area contributed by atoms with Gasteiger partial charge in [-0.15, -0.1) is 0 Å². The average Bonchev–Trinajstić information content (AvgIpc) is 2.33. The molecule has 0 amide bonds. The van der Waals surface area contributed by atoms with E-state index in [2.05, 4.69) is 0 Å². The topological polar surface area (TPSA) is 121 Å². The molecule has 0 aliphatic heterocycles. The molecule has 0 heterocycles. The zero-order valence-electron chi connectivity index (χ0n) is 12.7. The van der Waals surface area contributed by atoms with Gasteiger partial charge in [-0.05, 0) is 19.3 Å². The third kappa shape index (κ3) is 10.2. The van der Waals surface area contributed by atoms with Crippen LogP contribution >= 0.6 is 0 Å². The quantitative estimate of drug-likeness (QED) is 0.200. The Morgan fingerprint density at radius 2 is 1.81 bits per heavy atom. The third-order valence-corrected chi connectivity index (χ3v) is 3.92. The molecule has 0 aliphatic carbocycles. The smallest absolute Gasteiger partial charge is 0.550 e. The van der Waals surface area contributed by atoms with Gasteiger partial charge in [-0.1, -0.05) is 26.7 Å². The fourth-order valence-corrected chi connectivity index (χ4v) is 2.32. The number of carboxylic acids is 1. The van der Waals surface area contributed by atoms with Crippen LogP contribution in [0.5, 0.6) is 0 Å². The number of ether oxygens (including phenoxy) is 1. The number of esters is 1. The van der Waals surface area contributed by atoms with Crippen molar-refractivity contribution >= 4 is 22.1 Å². The number of hydrogen-bond acceptors (Lipinski definition) is 6. The number of carboxylic acid groups (broad SMARTS) is 1. The van der Waals surface area contributed by atoms with Crippen LogP contribution in [0.25, 0.3) is 0 Å². The Hall–Kier alpha value is -0.150. The van der Waals surface area contributed by atoms with E-state index < -0.39 is 39.8 Å². The van der Waals surface area contributed by atoms with Gasteiger partial charge < -0.3 is 14.6 Å². The summed E-state index contributed by atoms with van der Waals surface area (Å²) in [4.78, 5) is 22.1. The summed E-state index contributed by atoms with van der Waals surface area (Å²) in [6.45, 7) is 3.78. The molecule has 2 unspecified atom stereocenters. The van der Waals surface area contributed by atoms with Gasteiger partial charge in [0.25, 0.3) is 10.1 Å². The number of unbranched alkanes of at least 4 members (excludes halogenated alkanes) is 2. The molecule has 21 heavy (non-hydrogen) atoms. The van der Waals surface area contributed by atoms with Crippen LogP contribution in [0.4, 0.5) is 0 Å². The molecule has 0 bridgehead atoms. The normalized spacial score (nSPS) is 13.9. The number of hydrogen-bond donors (Lipinski definition) is 1. The minimum absolute atomic E-state index is 0. The maximum absolute atomic E-state index is 11.7. The average molecular weight is 332 g/mol. The van der Waals surface area contributed by atoms with Crippen molar-refractivity contribution in [1.29, 1.82) is 0 Å². The number of carbonyl (C=O) groups excluding carboxylic acids is 2. The summed E-state index contributed by atoms with van der Waals surface area (Å²) in [5, 5.41) is 8.30. The maximum atomic E-state index is 11.7. The summed E-state index contributed by atoms with van der Waals surface area (Å²) in [7, 11) is -4.83. The van der Waals surface area contributed by atoms with E-state index in [9.17, 15) is 23.1 Å². The molecule has 0 spiro atoms. The van der Waals surface area contributed by atoms with Crippen molar-refractivity contribution in [2.75, 3.05) is 0 Å². The van der Waals surface area contributed by atoms with Crippen LogP contribution in [-0.2, 0) is 24.4 Å². The van der Waals surface area contributed by atoms with Gasteiger partial charge in [0.05, 0.1) is 0 Å². The second-order valence-electron chi connectivity index (χ2n) is 4.54. The Balaban J connectivity index is 0. The first-order valence-corrected chi connectivity index (χ1v) is 8.09. The van der Waals surface area contributed by atoms with Gasteiger partial charge in [-0.3, -0.25) is 9.35 Å². The zero-order valence-corrected chi connectivity index (χ0v) is 15.5. The molecule has 0 saturated heterocycles. The minimum atomic E-state index is -4.83. The van der Waals surface area contributed by atoms with Crippen LogP contribution in [0.15, 0.2) is 0 Å². The van der Waals surface area contributed by atoms with Crippen molar-refractivity contribution in [3.8, 4) is 0 Å². The van der Waals surface area contributed by atoms with Crippen molar-refractivity contribution in [3.05, 3.63) is 0 Å². The van der Waals surface area contributed by atoms with Gasteiger partial charge in [0.15, 0.2) is 5.25 Å². The van der Waals surface area contributed by atoms with E-state index in [-0.39, 0.29) is 29.6 Å². The van der Waals surface area contributed by atoms with E-state index in [1.165, 1.54) is 0 Å². The van der Waals surface area contributed by atoms with Crippen molar-refractivity contribution < 1.29 is 62.0 Å². The summed E-state index contributed by atoms with van der Waals surface area (Å²) < 4.78 is 35.8. The van der Waals surface area contributed by atoms with Gasteiger partial charge in [-0.2, -0.15) is 8.42 Å². The molecule has 0 aromatic heterocycles. The first-order chi connectivity index (χ1) is 9.22. The molecule has 2 atom stereocenters. The molecule has 1 N–H and O–H groups in total. The fourth-order valence-electron chi connectivity index (χ4n) is 1.67. The first-order valence-electron chi connectivity index (χ1n) is 6.58. The Morgan fingerprint density at radius 1 is 1.24 bits per heavy atom. The van der Waals surface area contributed by atoms with E-state index in [1.54, 1.807) is 6.92 Å². The monoisotopic (exact) mass is 332 g/mol. The van der Waals surface area contributed by atoms with Crippen molar-refractivity contribution in [2.45, 2.75) is 63.7 Å². The van der Waals surface area contributed by atoms with Crippen LogP contribution in [0.2, 0.25) is 0 Å². The number of aliphatic carboxylic acids is 1. The SMILES string of the molecule is CCCCCC(CC)OC(=O)C(CC(=O)[O-])S(=O)(=O)O.[Na+]. The Kier molecular flexibility index (Phi) is 12.6. The van der Waals surface area contributed by atoms with Gasteiger partial charge >= 0.3 is 35.5 Å². The molecule has 0 fully saturated rings. The summed E-state index contributed by atoms with van der Waals surface area (Å²) >= 11 is 0. The third-order valence-electron chi connectivity index (χ3n) is 2.84. The Morgan fingerprint density at radius 3 is 2.19 bits per heavy atom. The molecule has 7 nitrogen and oxygen atoms in total. The van der Waals surface area contributed by atoms with Crippen LogP contribution in [0, 0.1) is 0 Å². The second kappa shape index (κ2) is 11.4. The number of carbonyl (C=O) groups is 2. The molecule has 0 radical (unpaired) electrons. The molecule has 0 rings (SSSR count). The van der Waals surface area contributed by atoms with E-state index in [4.69, 9.17) is 9.29 Å². The summed E-state index contributed by atoms with van der Waals surface area (Å²) in [6, 6.07) is 0. The van der Waals surface area contributed by atoms with Crippen LogP contribution in [0.1, 0.15) is 52.4 Å². The van der Waals surface area contributed by atoms with E-state index in [0.717, 1.165) is 19.3 Å². The van der Waals surface area contributed by atoms with Crippen LogP contribution < -0.4 is 34.7 Å². The molecule has 0 aromatic carbocycles. The Bertz CT molecular complexity index is 421. The van der Waals surface area contributed by atoms with E-state index in [0.29, 0.717) is 12.8 Å². The van der Waals surface area contributed by atoms with Crippen molar-refractivity contribution in [2.24, 2.45) is 0 Å². The Labute approximate surface area is 147 Å².